The molecule has 0 aromatic heterocycles. The second kappa shape index (κ2) is 5.31. The highest BCUT2D eigenvalue weighted by Gasteiger charge is 2.48. The van der Waals surface area contributed by atoms with Crippen LogP contribution in [0.3, 0.4) is 0 Å². The molecule has 0 aromatic rings. The van der Waals surface area contributed by atoms with Crippen molar-refractivity contribution >= 4 is 6.09 Å². The number of hydrogen-bond donors (Lipinski definition) is 2. The van der Waals surface area contributed by atoms with Crippen molar-refractivity contribution in [2.24, 2.45) is 5.41 Å². The van der Waals surface area contributed by atoms with E-state index in [1.165, 1.54) is 19.3 Å². The zero-order valence-corrected chi connectivity index (χ0v) is 12.4. The largest absolute Gasteiger partial charge is 0.444 e. The number of carbonyl (C=O) groups excluding carboxylic acids is 1. The summed E-state index contributed by atoms with van der Waals surface area (Å²) >= 11 is 0. The molecule has 0 saturated heterocycles. The van der Waals surface area contributed by atoms with Gasteiger partial charge in [-0.1, -0.05) is 19.3 Å². The van der Waals surface area contributed by atoms with Gasteiger partial charge in [-0.25, -0.2) is 4.79 Å². The van der Waals surface area contributed by atoms with Crippen molar-refractivity contribution in [1.29, 1.82) is 0 Å². The van der Waals surface area contributed by atoms with E-state index in [1.807, 2.05) is 20.8 Å². The van der Waals surface area contributed by atoms with Crippen LogP contribution in [-0.2, 0) is 4.74 Å². The molecule has 4 nitrogen and oxygen atoms in total. The summed E-state index contributed by atoms with van der Waals surface area (Å²) in [5, 5.41) is 13.0. The molecule has 110 valence electrons. The lowest BCUT2D eigenvalue weighted by atomic mass is 9.70. The zero-order valence-electron chi connectivity index (χ0n) is 12.4. The van der Waals surface area contributed by atoms with Crippen LogP contribution < -0.4 is 5.32 Å². The van der Waals surface area contributed by atoms with Crippen molar-refractivity contribution < 1.29 is 14.6 Å². The molecule has 0 unspecified atom stereocenters. The van der Waals surface area contributed by atoms with Crippen LogP contribution >= 0.6 is 0 Å². The van der Waals surface area contributed by atoms with Gasteiger partial charge in [-0.15, -0.1) is 0 Å². The van der Waals surface area contributed by atoms with Gasteiger partial charge in [-0.3, -0.25) is 0 Å². The second-order valence-electron chi connectivity index (χ2n) is 7.22. The van der Waals surface area contributed by atoms with Crippen LogP contribution in [0.2, 0.25) is 0 Å². The Morgan fingerprint density at radius 3 is 2.47 bits per heavy atom. The van der Waals surface area contributed by atoms with E-state index in [1.54, 1.807) is 0 Å². The summed E-state index contributed by atoms with van der Waals surface area (Å²) in [6, 6.07) is 0.0673. The maximum atomic E-state index is 11.9. The SMILES string of the molecule is CC(C)(C)OC(=O)N[C@@H]1C[C@H](O)CC12CCCCC2. The van der Waals surface area contributed by atoms with E-state index in [9.17, 15) is 9.90 Å². The molecule has 0 aromatic carbocycles. The number of aliphatic hydroxyl groups excluding tert-OH is 1. The molecule has 4 heteroatoms. The Hall–Kier alpha value is -0.770. The smallest absolute Gasteiger partial charge is 0.407 e. The number of aliphatic hydroxyl groups is 1. The van der Waals surface area contributed by atoms with E-state index in [0.29, 0.717) is 6.42 Å². The molecular formula is C15H27NO3. The summed E-state index contributed by atoms with van der Waals surface area (Å²) in [4.78, 5) is 11.9. The van der Waals surface area contributed by atoms with Crippen LogP contribution in [0.15, 0.2) is 0 Å². The Morgan fingerprint density at radius 2 is 1.89 bits per heavy atom. The molecule has 1 spiro atoms. The standard InChI is InChI=1S/C15H27NO3/c1-14(2,3)19-13(18)16-12-9-11(17)10-15(12)7-5-4-6-8-15/h11-12,17H,4-10H2,1-3H3,(H,16,18)/t11-,12+/m0/s1. The number of amides is 1. The number of hydrogen-bond acceptors (Lipinski definition) is 3. The maximum absolute atomic E-state index is 11.9. The molecule has 19 heavy (non-hydrogen) atoms. The summed E-state index contributed by atoms with van der Waals surface area (Å²) in [5.74, 6) is 0. The first kappa shape index (κ1) is 14.6. The molecule has 0 aliphatic heterocycles. The third kappa shape index (κ3) is 3.62. The van der Waals surface area contributed by atoms with Gasteiger partial charge in [0.2, 0.25) is 0 Å². The lowest BCUT2D eigenvalue weighted by Gasteiger charge is -2.39. The summed E-state index contributed by atoms with van der Waals surface area (Å²) in [6.45, 7) is 5.60. The Balaban J connectivity index is 1.99. The molecule has 2 aliphatic carbocycles. The van der Waals surface area contributed by atoms with E-state index in [-0.39, 0.29) is 23.7 Å². The maximum Gasteiger partial charge on any atom is 0.407 e. The van der Waals surface area contributed by atoms with Crippen LogP contribution in [0.1, 0.15) is 65.7 Å². The normalized spacial score (nSPS) is 30.3. The fraction of sp³-hybridized carbons (Fsp3) is 0.933. The number of rotatable bonds is 1. The van der Waals surface area contributed by atoms with Crippen molar-refractivity contribution in [3.05, 3.63) is 0 Å². The predicted molar refractivity (Wildman–Crippen MR) is 73.9 cm³/mol. The van der Waals surface area contributed by atoms with Gasteiger partial charge in [0.25, 0.3) is 0 Å². The van der Waals surface area contributed by atoms with Crippen LogP contribution in [0.5, 0.6) is 0 Å². The highest BCUT2D eigenvalue weighted by Crippen LogP contribution is 2.49. The molecule has 2 saturated carbocycles. The Kier molecular flexibility index (Phi) is 4.09. The number of nitrogens with one attached hydrogen (secondary N) is 1. The molecule has 2 fully saturated rings. The first-order valence-corrected chi connectivity index (χ1v) is 7.48. The fourth-order valence-electron chi connectivity index (χ4n) is 3.69. The fourth-order valence-corrected chi connectivity index (χ4v) is 3.69. The monoisotopic (exact) mass is 269 g/mol. The molecule has 0 radical (unpaired) electrons. The topological polar surface area (TPSA) is 58.6 Å². The number of alkyl carbamates (subject to hydrolysis) is 1. The van der Waals surface area contributed by atoms with Crippen molar-refractivity contribution in [2.45, 2.75) is 83.5 Å². The van der Waals surface area contributed by atoms with Crippen LogP contribution in [-0.4, -0.2) is 28.9 Å². The summed E-state index contributed by atoms with van der Waals surface area (Å²) < 4.78 is 5.34. The van der Waals surface area contributed by atoms with Gasteiger partial charge in [0, 0.05) is 6.04 Å². The van der Waals surface area contributed by atoms with Crippen LogP contribution in [0.4, 0.5) is 4.79 Å². The highest BCUT2D eigenvalue weighted by atomic mass is 16.6. The van der Waals surface area contributed by atoms with Gasteiger partial charge < -0.3 is 15.2 Å². The lowest BCUT2D eigenvalue weighted by Crippen LogP contribution is -2.47. The van der Waals surface area contributed by atoms with Gasteiger partial charge in [-0.2, -0.15) is 0 Å². The number of ether oxygens (including phenoxy) is 1. The van der Waals surface area contributed by atoms with Gasteiger partial charge in [0.1, 0.15) is 5.60 Å². The lowest BCUT2D eigenvalue weighted by molar-refractivity contribution is 0.0430. The van der Waals surface area contributed by atoms with Crippen LogP contribution in [0, 0.1) is 5.41 Å². The minimum absolute atomic E-state index is 0.0673. The van der Waals surface area contributed by atoms with Crippen molar-refractivity contribution in [2.75, 3.05) is 0 Å². The molecule has 2 rings (SSSR count). The second-order valence-corrected chi connectivity index (χ2v) is 7.22. The van der Waals surface area contributed by atoms with E-state index in [4.69, 9.17) is 4.74 Å². The van der Waals surface area contributed by atoms with E-state index in [2.05, 4.69) is 5.32 Å². The average Bonchev–Trinajstić information content (AvgIpc) is 2.53. The van der Waals surface area contributed by atoms with Gasteiger partial charge >= 0.3 is 6.09 Å². The van der Waals surface area contributed by atoms with Gasteiger partial charge in [0.05, 0.1) is 6.10 Å². The summed E-state index contributed by atoms with van der Waals surface area (Å²) in [5.41, 5.74) is -0.365. The van der Waals surface area contributed by atoms with Crippen molar-refractivity contribution in [1.82, 2.24) is 5.32 Å². The zero-order chi connectivity index (χ0) is 14.1. The van der Waals surface area contributed by atoms with Crippen molar-refractivity contribution in [3.8, 4) is 0 Å². The van der Waals surface area contributed by atoms with E-state index in [0.717, 1.165) is 19.3 Å². The molecule has 1 amide bonds. The van der Waals surface area contributed by atoms with Gasteiger partial charge in [-0.05, 0) is 51.9 Å². The van der Waals surface area contributed by atoms with Crippen LogP contribution in [0.25, 0.3) is 0 Å². The van der Waals surface area contributed by atoms with E-state index >= 15 is 0 Å². The Bertz CT molecular complexity index is 329. The molecule has 0 bridgehead atoms. The predicted octanol–water partition coefficient (Wildman–Crippen LogP) is 2.98. The average molecular weight is 269 g/mol. The molecular weight excluding hydrogens is 242 g/mol. The Morgan fingerprint density at radius 1 is 1.26 bits per heavy atom. The van der Waals surface area contributed by atoms with E-state index < -0.39 is 5.60 Å². The van der Waals surface area contributed by atoms with Crippen molar-refractivity contribution in [3.63, 3.8) is 0 Å². The molecule has 2 aliphatic rings. The molecule has 2 N–H and O–H groups in total. The molecule has 2 atom stereocenters. The third-order valence-corrected chi connectivity index (χ3v) is 4.43. The quantitative estimate of drug-likeness (QED) is 0.769. The highest BCUT2D eigenvalue weighted by molar-refractivity contribution is 5.68. The minimum Gasteiger partial charge on any atom is -0.444 e. The Labute approximate surface area is 115 Å². The minimum atomic E-state index is -0.471. The molecule has 0 heterocycles. The van der Waals surface area contributed by atoms with Gasteiger partial charge in [0.15, 0.2) is 0 Å². The first-order valence-electron chi connectivity index (χ1n) is 7.48. The third-order valence-electron chi connectivity index (χ3n) is 4.43. The number of carbonyl (C=O) groups is 1. The first-order chi connectivity index (χ1) is 8.81. The summed E-state index contributed by atoms with van der Waals surface area (Å²) in [7, 11) is 0. The summed E-state index contributed by atoms with van der Waals surface area (Å²) in [6.07, 6.45) is 6.78.